The van der Waals surface area contributed by atoms with Gasteiger partial charge in [0, 0.05) is 13.0 Å². The molecule has 0 aromatic heterocycles. The Morgan fingerprint density at radius 3 is 2.45 bits per heavy atom. The quantitative estimate of drug-likeness (QED) is 0.690. The molecule has 1 aliphatic carbocycles. The second kappa shape index (κ2) is 7.07. The van der Waals surface area contributed by atoms with Gasteiger partial charge in [0.25, 0.3) is 0 Å². The Balaban J connectivity index is 1.70. The van der Waals surface area contributed by atoms with Gasteiger partial charge in [-0.1, -0.05) is 12.8 Å². The lowest BCUT2D eigenvalue weighted by Gasteiger charge is -2.25. The van der Waals surface area contributed by atoms with E-state index in [4.69, 9.17) is 0 Å². The van der Waals surface area contributed by atoms with E-state index < -0.39 is 11.4 Å². The highest BCUT2D eigenvalue weighted by Crippen LogP contribution is 2.37. The van der Waals surface area contributed by atoms with E-state index >= 15 is 0 Å². The second-order valence-electron chi connectivity index (χ2n) is 6.30. The number of piperidine rings is 1. The van der Waals surface area contributed by atoms with Gasteiger partial charge in [0.15, 0.2) is 0 Å². The molecule has 1 saturated carbocycles. The molecule has 2 rings (SSSR count). The SMILES string of the molecule is O=C(CCC1CCNCC1)NCC1(C(=O)O)CCCC1. The van der Waals surface area contributed by atoms with Gasteiger partial charge in [-0.25, -0.2) is 0 Å². The third-order valence-corrected chi connectivity index (χ3v) is 4.88. The van der Waals surface area contributed by atoms with Crippen LogP contribution in [-0.4, -0.2) is 36.6 Å². The first-order valence-corrected chi connectivity index (χ1v) is 7.83. The Labute approximate surface area is 120 Å². The van der Waals surface area contributed by atoms with Crippen LogP contribution in [0.15, 0.2) is 0 Å². The minimum atomic E-state index is -0.756. The summed E-state index contributed by atoms with van der Waals surface area (Å²) in [6, 6.07) is 0. The van der Waals surface area contributed by atoms with Crippen LogP contribution < -0.4 is 10.6 Å². The minimum absolute atomic E-state index is 0.0102. The number of carbonyl (C=O) groups is 2. The van der Waals surface area contributed by atoms with E-state index in [-0.39, 0.29) is 5.91 Å². The summed E-state index contributed by atoms with van der Waals surface area (Å²) in [5.41, 5.74) is -0.704. The number of rotatable bonds is 6. The molecule has 0 unspecified atom stereocenters. The van der Waals surface area contributed by atoms with Crippen molar-refractivity contribution >= 4 is 11.9 Å². The topological polar surface area (TPSA) is 78.4 Å². The first-order chi connectivity index (χ1) is 9.62. The van der Waals surface area contributed by atoms with Crippen molar-refractivity contribution in [3.8, 4) is 0 Å². The fourth-order valence-electron chi connectivity index (χ4n) is 3.38. The fraction of sp³-hybridized carbons (Fsp3) is 0.867. The van der Waals surface area contributed by atoms with E-state index in [1.54, 1.807) is 0 Å². The molecule has 2 fully saturated rings. The van der Waals surface area contributed by atoms with Gasteiger partial charge in [0.05, 0.1) is 5.41 Å². The Morgan fingerprint density at radius 2 is 1.85 bits per heavy atom. The number of hydrogen-bond donors (Lipinski definition) is 3. The predicted octanol–water partition coefficient (Wildman–Crippen LogP) is 1.53. The summed E-state index contributed by atoms with van der Waals surface area (Å²) in [6.45, 7) is 2.40. The fourth-order valence-corrected chi connectivity index (χ4v) is 3.38. The Morgan fingerprint density at radius 1 is 1.20 bits per heavy atom. The number of amides is 1. The molecule has 20 heavy (non-hydrogen) atoms. The third kappa shape index (κ3) is 3.95. The van der Waals surface area contributed by atoms with E-state index in [9.17, 15) is 14.7 Å². The monoisotopic (exact) mass is 282 g/mol. The van der Waals surface area contributed by atoms with Crippen LogP contribution in [0.3, 0.4) is 0 Å². The van der Waals surface area contributed by atoms with Crippen LogP contribution in [0.1, 0.15) is 51.4 Å². The average molecular weight is 282 g/mol. The maximum atomic E-state index is 11.9. The Kier molecular flexibility index (Phi) is 5.40. The van der Waals surface area contributed by atoms with Crippen LogP contribution in [-0.2, 0) is 9.59 Å². The molecule has 0 atom stereocenters. The molecule has 0 spiro atoms. The molecule has 2 aliphatic rings. The lowest BCUT2D eigenvalue weighted by molar-refractivity contribution is -0.148. The average Bonchev–Trinajstić information content (AvgIpc) is 2.94. The molecule has 5 heteroatoms. The smallest absolute Gasteiger partial charge is 0.311 e. The first-order valence-electron chi connectivity index (χ1n) is 7.83. The number of carboxylic acid groups (broad SMARTS) is 1. The molecule has 0 aromatic carbocycles. The summed E-state index contributed by atoms with van der Waals surface area (Å²) >= 11 is 0. The predicted molar refractivity (Wildman–Crippen MR) is 76.4 cm³/mol. The molecule has 0 bridgehead atoms. The van der Waals surface area contributed by atoms with Crippen LogP contribution in [0.25, 0.3) is 0 Å². The van der Waals surface area contributed by atoms with Crippen LogP contribution >= 0.6 is 0 Å². The van der Waals surface area contributed by atoms with Gasteiger partial charge < -0.3 is 15.7 Å². The van der Waals surface area contributed by atoms with Crippen LogP contribution in [0.2, 0.25) is 0 Å². The van der Waals surface area contributed by atoms with Gasteiger partial charge in [-0.05, 0) is 51.1 Å². The van der Waals surface area contributed by atoms with Crippen molar-refractivity contribution in [3.05, 3.63) is 0 Å². The van der Waals surface area contributed by atoms with E-state index in [2.05, 4.69) is 10.6 Å². The van der Waals surface area contributed by atoms with E-state index in [1.807, 2.05) is 0 Å². The van der Waals surface area contributed by atoms with Gasteiger partial charge in [0.1, 0.15) is 0 Å². The highest BCUT2D eigenvalue weighted by atomic mass is 16.4. The normalized spacial score (nSPS) is 22.6. The lowest BCUT2D eigenvalue weighted by Crippen LogP contribution is -2.41. The van der Waals surface area contributed by atoms with Crippen molar-refractivity contribution in [1.82, 2.24) is 10.6 Å². The highest BCUT2D eigenvalue weighted by molar-refractivity contribution is 5.79. The molecule has 1 amide bonds. The summed E-state index contributed by atoms with van der Waals surface area (Å²) in [4.78, 5) is 23.3. The number of hydrogen-bond acceptors (Lipinski definition) is 3. The Hall–Kier alpha value is -1.10. The molecular weight excluding hydrogens is 256 g/mol. The molecule has 114 valence electrons. The second-order valence-corrected chi connectivity index (χ2v) is 6.30. The van der Waals surface area contributed by atoms with Gasteiger partial charge in [-0.15, -0.1) is 0 Å². The number of carbonyl (C=O) groups excluding carboxylic acids is 1. The van der Waals surface area contributed by atoms with Gasteiger partial charge in [-0.3, -0.25) is 9.59 Å². The molecule has 3 N–H and O–H groups in total. The third-order valence-electron chi connectivity index (χ3n) is 4.88. The first kappa shape index (κ1) is 15.3. The molecule has 1 aliphatic heterocycles. The summed E-state index contributed by atoms with van der Waals surface area (Å²) in [5.74, 6) is -0.105. The summed E-state index contributed by atoms with van der Waals surface area (Å²) in [5, 5.41) is 15.5. The van der Waals surface area contributed by atoms with E-state index in [0.717, 1.165) is 45.2 Å². The standard InChI is InChI=1S/C15H26N2O3/c18-13(4-3-12-5-9-16-10-6-12)17-11-15(14(19)20)7-1-2-8-15/h12,16H,1-11H2,(H,17,18)(H,19,20). The van der Waals surface area contributed by atoms with Crippen molar-refractivity contribution < 1.29 is 14.7 Å². The maximum absolute atomic E-state index is 11.9. The van der Waals surface area contributed by atoms with Crippen LogP contribution in [0.4, 0.5) is 0 Å². The highest BCUT2D eigenvalue weighted by Gasteiger charge is 2.41. The molecule has 1 saturated heterocycles. The zero-order valence-corrected chi connectivity index (χ0v) is 12.1. The van der Waals surface area contributed by atoms with E-state index in [1.165, 1.54) is 0 Å². The van der Waals surface area contributed by atoms with Crippen molar-refractivity contribution in [3.63, 3.8) is 0 Å². The van der Waals surface area contributed by atoms with Crippen LogP contribution in [0, 0.1) is 11.3 Å². The molecule has 0 aromatic rings. The summed E-state index contributed by atoms with van der Waals surface area (Å²) in [7, 11) is 0. The lowest BCUT2D eigenvalue weighted by atomic mass is 9.86. The zero-order chi connectivity index (χ0) is 14.4. The zero-order valence-electron chi connectivity index (χ0n) is 12.1. The van der Waals surface area contributed by atoms with Gasteiger partial charge in [-0.2, -0.15) is 0 Å². The summed E-state index contributed by atoms with van der Waals surface area (Å²) in [6.07, 6.45) is 7.04. The van der Waals surface area contributed by atoms with Crippen molar-refractivity contribution in [2.24, 2.45) is 11.3 Å². The molecule has 0 radical (unpaired) electrons. The molecular formula is C15H26N2O3. The van der Waals surface area contributed by atoms with Crippen molar-refractivity contribution in [2.75, 3.05) is 19.6 Å². The van der Waals surface area contributed by atoms with Crippen molar-refractivity contribution in [2.45, 2.75) is 51.4 Å². The number of carboxylic acids is 1. The number of nitrogens with one attached hydrogen (secondary N) is 2. The summed E-state index contributed by atoms with van der Waals surface area (Å²) < 4.78 is 0. The minimum Gasteiger partial charge on any atom is -0.481 e. The number of aliphatic carboxylic acids is 1. The Bertz CT molecular complexity index is 345. The van der Waals surface area contributed by atoms with Crippen molar-refractivity contribution in [1.29, 1.82) is 0 Å². The van der Waals surface area contributed by atoms with Crippen LogP contribution in [0.5, 0.6) is 0 Å². The van der Waals surface area contributed by atoms with E-state index in [0.29, 0.717) is 31.7 Å². The largest absolute Gasteiger partial charge is 0.481 e. The van der Waals surface area contributed by atoms with Gasteiger partial charge >= 0.3 is 5.97 Å². The maximum Gasteiger partial charge on any atom is 0.311 e. The molecule has 5 nitrogen and oxygen atoms in total. The van der Waals surface area contributed by atoms with Gasteiger partial charge in [0.2, 0.25) is 5.91 Å². The molecule has 1 heterocycles.